The summed E-state index contributed by atoms with van der Waals surface area (Å²) in [4.78, 5) is 14.8. The van der Waals surface area contributed by atoms with Crippen LogP contribution in [0.4, 0.5) is 5.69 Å². The van der Waals surface area contributed by atoms with Gasteiger partial charge >= 0.3 is 5.97 Å². The molecule has 1 rings (SSSR count). The Morgan fingerprint density at radius 3 is 2.58 bits per heavy atom. The SMILES string of the molecule is CN(C)CCN(C)c1ccc(Cl)cc1/C=C/C(=O)O. The number of halogens is 1. The summed E-state index contributed by atoms with van der Waals surface area (Å²) in [6.45, 7) is 1.77. The predicted octanol–water partition coefficient (Wildman–Crippen LogP) is 2.44. The summed E-state index contributed by atoms with van der Waals surface area (Å²) in [5, 5.41) is 9.30. The molecule has 0 radical (unpaired) electrons. The number of carbonyl (C=O) groups is 1. The third-order valence-electron chi connectivity index (χ3n) is 2.69. The van der Waals surface area contributed by atoms with Crippen molar-refractivity contribution in [3.05, 3.63) is 34.9 Å². The Labute approximate surface area is 118 Å². The second kappa shape index (κ2) is 7.16. The van der Waals surface area contributed by atoms with Gasteiger partial charge in [0.25, 0.3) is 0 Å². The first-order valence-electron chi connectivity index (χ1n) is 5.96. The van der Waals surface area contributed by atoms with Gasteiger partial charge in [0, 0.05) is 36.9 Å². The molecule has 0 aliphatic heterocycles. The topological polar surface area (TPSA) is 43.8 Å². The number of hydrogen-bond donors (Lipinski definition) is 1. The first-order chi connectivity index (χ1) is 8.90. The fourth-order valence-electron chi connectivity index (χ4n) is 1.64. The molecule has 0 fully saturated rings. The van der Waals surface area contributed by atoms with E-state index >= 15 is 0 Å². The number of rotatable bonds is 6. The van der Waals surface area contributed by atoms with Crippen molar-refractivity contribution in [3.8, 4) is 0 Å². The van der Waals surface area contributed by atoms with Crippen molar-refractivity contribution in [1.29, 1.82) is 0 Å². The van der Waals surface area contributed by atoms with Crippen LogP contribution in [0.15, 0.2) is 24.3 Å². The average Bonchev–Trinajstić information content (AvgIpc) is 2.33. The maximum Gasteiger partial charge on any atom is 0.328 e. The largest absolute Gasteiger partial charge is 0.478 e. The fourth-order valence-corrected chi connectivity index (χ4v) is 1.82. The zero-order valence-corrected chi connectivity index (χ0v) is 12.2. The summed E-state index contributed by atoms with van der Waals surface area (Å²) >= 11 is 5.96. The lowest BCUT2D eigenvalue weighted by Crippen LogP contribution is -2.28. The van der Waals surface area contributed by atoms with Crippen LogP contribution in [0.1, 0.15) is 5.56 Å². The van der Waals surface area contributed by atoms with Crippen LogP contribution < -0.4 is 4.90 Å². The number of hydrogen-bond acceptors (Lipinski definition) is 3. The van der Waals surface area contributed by atoms with Gasteiger partial charge in [0.05, 0.1) is 0 Å². The van der Waals surface area contributed by atoms with Gasteiger partial charge in [0.2, 0.25) is 0 Å². The smallest absolute Gasteiger partial charge is 0.328 e. The van der Waals surface area contributed by atoms with Crippen molar-refractivity contribution in [3.63, 3.8) is 0 Å². The third kappa shape index (κ3) is 5.32. The molecule has 0 aromatic heterocycles. The fraction of sp³-hybridized carbons (Fsp3) is 0.357. The van der Waals surface area contributed by atoms with Gasteiger partial charge in [-0.05, 0) is 43.9 Å². The molecule has 0 unspecified atom stereocenters. The number of nitrogens with zero attached hydrogens (tertiary/aromatic N) is 2. The predicted molar refractivity (Wildman–Crippen MR) is 79.9 cm³/mol. The van der Waals surface area contributed by atoms with Crippen molar-refractivity contribution >= 4 is 29.3 Å². The van der Waals surface area contributed by atoms with E-state index in [1.165, 1.54) is 0 Å². The molecular weight excluding hydrogens is 264 g/mol. The summed E-state index contributed by atoms with van der Waals surface area (Å²) < 4.78 is 0. The van der Waals surface area contributed by atoms with E-state index in [-0.39, 0.29) is 0 Å². The number of likely N-dealkylation sites (N-methyl/N-ethyl adjacent to an activating group) is 2. The molecule has 0 bridgehead atoms. The maximum atomic E-state index is 10.6. The van der Waals surface area contributed by atoms with Crippen molar-refractivity contribution in [2.75, 3.05) is 39.1 Å². The summed E-state index contributed by atoms with van der Waals surface area (Å²) in [5.74, 6) is -0.970. The average molecular weight is 283 g/mol. The Balaban J connectivity index is 2.95. The van der Waals surface area contributed by atoms with Crippen LogP contribution in [-0.4, -0.2) is 50.2 Å². The highest BCUT2D eigenvalue weighted by atomic mass is 35.5. The first-order valence-corrected chi connectivity index (χ1v) is 6.34. The lowest BCUT2D eigenvalue weighted by molar-refractivity contribution is -0.131. The van der Waals surface area contributed by atoms with Gasteiger partial charge in [-0.15, -0.1) is 0 Å². The molecule has 1 aromatic carbocycles. The highest BCUT2D eigenvalue weighted by Crippen LogP contribution is 2.24. The maximum absolute atomic E-state index is 10.6. The summed E-state index contributed by atoms with van der Waals surface area (Å²) in [6.07, 6.45) is 2.69. The van der Waals surface area contributed by atoms with Crippen LogP contribution in [0.5, 0.6) is 0 Å². The van der Waals surface area contributed by atoms with Crippen molar-refractivity contribution in [2.45, 2.75) is 0 Å². The summed E-state index contributed by atoms with van der Waals surface area (Å²) in [5.41, 5.74) is 1.76. The van der Waals surface area contributed by atoms with Gasteiger partial charge in [-0.3, -0.25) is 0 Å². The lowest BCUT2D eigenvalue weighted by atomic mass is 10.1. The Kier molecular flexibility index (Phi) is 5.86. The Morgan fingerprint density at radius 1 is 1.32 bits per heavy atom. The van der Waals surface area contributed by atoms with E-state index < -0.39 is 5.97 Å². The van der Waals surface area contributed by atoms with E-state index in [0.717, 1.165) is 30.4 Å². The molecule has 104 valence electrons. The van der Waals surface area contributed by atoms with E-state index in [9.17, 15) is 4.79 Å². The zero-order chi connectivity index (χ0) is 14.4. The van der Waals surface area contributed by atoms with Crippen molar-refractivity contribution in [1.82, 2.24) is 4.90 Å². The van der Waals surface area contributed by atoms with Gasteiger partial charge in [-0.1, -0.05) is 11.6 Å². The Hall–Kier alpha value is -1.52. The minimum Gasteiger partial charge on any atom is -0.478 e. The molecule has 0 amide bonds. The monoisotopic (exact) mass is 282 g/mol. The van der Waals surface area contributed by atoms with E-state index in [0.29, 0.717) is 5.02 Å². The Bertz CT molecular complexity index is 473. The highest BCUT2D eigenvalue weighted by Gasteiger charge is 2.07. The lowest BCUT2D eigenvalue weighted by Gasteiger charge is -2.23. The summed E-state index contributed by atoms with van der Waals surface area (Å²) in [7, 11) is 6.01. The molecule has 0 spiro atoms. The second-order valence-corrected chi connectivity index (χ2v) is 5.04. The zero-order valence-electron chi connectivity index (χ0n) is 11.4. The van der Waals surface area contributed by atoms with Crippen LogP contribution in [0.25, 0.3) is 6.08 Å². The minimum atomic E-state index is -0.970. The van der Waals surface area contributed by atoms with Crippen molar-refractivity contribution in [2.24, 2.45) is 0 Å². The molecule has 0 heterocycles. The quantitative estimate of drug-likeness (QED) is 0.814. The standard InChI is InChI=1S/C14H19ClN2O2/c1-16(2)8-9-17(3)13-6-5-12(15)10-11(13)4-7-14(18)19/h4-7,10H,8-9H2,1-3H3,(H,18,19)/b7-4+. The first kappa shape index (κ1) is 15.5. The molecule has 0 aliphatic carbocycles. The van der Waals surface area contributed by atoms with Gasteiger partial charge < -0.3 is 14.9 Å². The molecule has 0 atom stereocenters. The normalized spacial score (nSPS) is 11.2. The van der Waals surface area contributed by atoms with Crippen LogP contribution >= 0.6 is 11.6 Å². The highest BCUT2D eigenvalue weighted by molar-refractivity contribution is 6.30. The summed E-state index contributed by atoms with van der Waals surface area (Å²) in [6, 6.07) is 5.48. The molecule has 19 heavy (non-hydrogen) atoms. The molecule has 0 saturated heterocycles. The Morgan fingerprint density at radius 2 is 2.00 bits per heavy atom. The number of benzene rings is 1. The van der Waals surface area contributed by atoms with Crippen LogP contribution in [0, 0.1) is 0 Å². The molecule has 1 aromatic rings. The van der Waals surface area contributed by atoms with E-state index in [1.54, 1.807) is 18.2 Å². The van der Waals surface area contributed by atoms with Crippen LogP contribution in [-0.2, 0) is 4.79 Å². The molecule has 0 saturated carbocycles. The van der Waals surface area contributed by atoms with Gasteiger partial charge in [-0.25, -0.2) is 4.79 Å². The molecular formula is C14H19ClN2O2. The number of aliphatic carboxylic acids is 1. The molecule has 5 heteroatoms. The number of anilines is 1. The minimum absolute atomic E-state index is 0.592. The van der Waals surface area contributed by atoms with E-state index in [2.05, 4.69) is 9.80 Å². The van der Waals surface area contributed by atoms with Crippen molar-refractivity contribution < 1.29 is 9.90 Å². The van der Waals surface area contributed by atoms with Gasteiger partial charge in [0.15, 0.2) is 0 Å². The molecule has 4 nitrogen and oxygen atoms in total. The van der Waals surface area contributed by atoms with Gasteiger partial charge in [0.1, 0.15) is 0 Å². The van der Waals surface area contributed by atoms with Crippen LogP contribution in [0.3, 0.4) is 0 Å². The third-order valence-corrected chi connectivity index (χ3v) is 2.92. The van der Waals surface area contributed by atoms with Crippen LogP contribution in [0.2, 0.25) is 5.02 Å². The molecule has 0 aliphatic rings. The second-order valence-electron chi connectivity index (χ2n) is 4.60. The van der Waals surface area contributed by atoms with Gasteiger partial charge in [-0.2, -0.15) is 0 Å². The number of carboxylic acids is 1. The molecule has 1 N–H and O–H groups in total. The van der Waals surface area contributed by atoms with E-state index in [1.807, 2.05) is 27.2 Å². The number of carboxylic acid groups (broad SMARTS) is 1. The van der Waals surface area contributed by atoms with E-state index in [4.69, 9.17) is 16.7 Å².